The van der Waals surface area contributed by atoms with E-state index in [9.17, 15) is 0 Å². The third kappa shape index (κ3) is 3.10. The summed E-state index contributed by atoms with van der Waals surface area (Å²) in [4.78, 5) is 0. The van der Waals surface area contributed by atoms with E-state index in [2.05, 4.69) is 34.3 Å². The highest BCUT2D eigenvalue weighted by Crippen LogP contribution is 2.22. The zero-order valence-corrected chi connectivity index (χ0v) is 9.49. The SMILES string of the molecule is C=C(N)/C(C)=C(/C)C(CC)=C(C)C. The standard InChI is InChI=1S/C12H21N/c1-7-12(8(2)3)10(5)9(4)11(6)13/h6-7,13H2,1-5H3/b10-9-. The van der Waals surface area contributed by atoms with Crippen LogP contribution in [0.5, 0.6) is 0 Å². The summed E-state index contributed by atoms with van der Waals surface area (Å²) in [5.41, 5.74) is 11.5. The van der Waals surface area contributed by atoms with Gasteiger partial charge in [-0.15, -0.1) is 0 Å². The van der Waals surface area contributed by atoms with E-state index in [1.165, 1.54) is 16.7 Å². The summed E-state index contributed by atoms with van der Waals surface area (Å²) in [6.45, 7) is 14.3. The second-order valence-corrected chi connectivity index (χ2v) is 3.61. The Morgan fingerprint density at radius 2 is 1.54 bits per heavy atom. The minimum Gasteiger partial charge on any atom is -0.399 e. The maximum absolute atomic E-state index is 5.65. The summed E-state index contributed by atoms with van der Waals surface area (Å²) in [7, 11) is 0. The molecule has 0 fully saturated rings. The lowest BCUT2D eigenvalue weighted by Gasteiger charge is -2.12. The van der Waals surface area contributed by atoms with Crippen LogP contribution in [-0.4, -0.2) is 0 Å². The number of hydrogen-bond acceptors (Lipinski definition) is 1. The Morgan fingerprint density at radius 1 is 1.08 bits per heavy atom. The van der Waals surface area contributed by atoms with Crippen LogP contribution in [0.3, 0.4) is 0 Å². The lowest BCUT2D eigenvalue weighted by atomic mass is 9.95. The summed E-state index contributed by atoms with van der Waals surface area (Å²) >= 11 is 0. The van der Waals surface area contributed by atoms with Crippen molar-refractivity contribution in [2.45, 2.75) is 41.0 Å². The van der Waals surface area contributed by atoms with E-state index in [0.29, 0.717) is 5.70 Å². The molecule has 13 heavy (non-hydrogen) atoms. The summed E-state index contributed by atoms with van der Waals surface area (Å²) in [6, 6.07) is 0. The highest BCUT2D eigenvalue weighted by molar-refractivity contribution is 5.41. The molecule has 0 aromatic carbocycles. The van der Waals surface area contributed by atoms with Gasteiger partial charge in [-0.2, -0.15) is 0 Å². The molecule has 0 heterocycles. The van der Waals surface area contributed by atoms with Crippen molar-refractivity contribution in [3.05, 3.63) is 34.6 Å². The van der Waals surface area contributed by atoms with E-state index in [4.69, 9.17) is 5.73 Å². The Morgan fingerprint density at radius 3 is 1.77 bits per heavy atom. The molecule has 0 unspecified atom stereocenters. The van der Waals surface area contributed by atoms with Crippen molar-refractivity contribution in [3.8, 4) is 0 Å². The highest BCUT2D eigenvalue weighted by atomic mass is 14.6. The van der Waals surface area contributed by atoms with Crippen LogP contribution in [0.15, 0.2) is 34.6 Å². The predicted molar refractivity (Wildman–Crippen MR) is 60.4 cm³/mol. The number of hydrogen-bond donors (Lipinski definition) is 1. The van der Waals surface area contributed by atoms with E-state index >= 15 is 0 Å². The molecule has 0 aliphatic carbocycles. The Bertz CT molecular complexity index is 263. The van der Waals surface area contributed by atoms with E-state index in [0.717, 1.165) is 12.0 Å². The van der Waals surface area contributed by atoms with Gasteiger partial charge in [-0.3, -0.25) is 0 Å². The Balaban J connectivity index is 5.18. The molecule has 0 saturated heterocycles. The molecule has 0 aliphatic heterocycles. The molecule has 0 spiro atoms. The number of allylic oxidation sites excluding steroid dienone is 4. The van der Waals surface area contributed by atoms with Gasteiger partial charge in [0.2, 0.25) is 0 Å². The molecule has 74 valence electrons. The fraction of sp³-hybridized carbons (Fsp3) is 0.500. The maximum Gasteiger partial charge on any atom is 0.0273 e. The molecule has 0 radical (unpaired) electrons. The molecule has 2 N–H and O–H groups in total. The topological polar surface area (TPSA) is 26.0 Å². The van der Waals surface area contributed by atoms with Gasteiger partial charge in [0.05, 0.1) is 0 Å². The fourth-order valence-electron chi connectivity index (χ4n) is 1.46. The first-order valence-corrected chi connectivity index (χ1v) is 4.70. The van der Waals surface area contributed by atoms with Crippen molar-refractivity contribution in [2.24, 2.45) is 5.73 Å². The third-order valence-corrected chi connectivity index (χ3v) is 2.45. The third-order valence-electron chi connectivity index (χ3n) is 2.45. The molecule has 0 saturated carbocycles. The van der Waals surface area contributed by atoms with Gasteiger partial charge in [0.15, 0.2) is 0 Å². The average Bonchev–Trinajstić information content (AvgIpc) is 2.03. The summed E-state index contributed by atoms with van der Waals surface area (Å²) in [5.74, 6) is 0. The molecule has 0 atom stereocenters. The zero-order chi connectivity index (χ0) is 10.6. The van der Waals surface area contributed by atoms with Crippen LogP contribution in [-0.2, 0) is 0 Å². The quantitative estimate of drug-likeness (QED) is 0.659. The molecule has 0 aliphatic rings. The van der Waals surface area contributed by atoms with Crippen molar-refractivity contribution in [1.29, 1.82) is 0 Å². The first-order valence-electron chi connectivity index (χ1n) is 4.70. The second-order valence-electron chi connectivity index (χ2n) is 3.61. The molecule has 0 amide bonds. The van der Waals surface area contributed by atoms with Gasteiger partial charge in [-0.05, 0) is 50.8 Å². The summed E-state index contributed by atoms with van der Waals surface area (Å²) in [6.07, 6.45) is 1.05. The fourth-order valence-corrected chi connectivity index (χ4v) is 1.46. The smallest absolute Gasteiger partial charge is 0.0273 e. The van der Waals surface area contributed by atoms with Crippen LogP contribution >= 0.6 is 0 Å². The molecule has 0 bridgehead atoms. The van der Waals surface area contributed by atoms with Crippen LogP contribution in [0, 0.1) is 0 Å². The molecular formula is C12H21N. The molecule has 1 heteroatoms. The Kier molecular flexibility index (Phi) is 4.53. The first-order chi connectivity index (χ1) is 5.91. The minimum absolute atomic E-state index is 0.671. The zero-order valence-electron chi connectivity index (χ0n) is 9.49. The van der Waals surface area contributed by atoms with Gasteiger partial charge in [-0.1, -0.05) is 19.1 Å². The van der Waals surface area contributed by atoms with Crippen LogP contribution in [0.25, 0.3) is 0 Å². The molecule has 1 nitrogen and oxygen atoms in total. The monoisotopic (exact) mass is 179 g/mol. The summed E-state index contributed by atoms with van der Waals surface area (Å²) in [5, 5.41) is 0. The average molecular weight is 179 g/mol. The first kappa shape index (κ1) is 12.0. The van der Waals surface area contributed by atoms with Gasteiger partial charge in [0.25, 0.3) is 0 Å². The molecule has 0 aromatic rings. The van der Waals surface area contributed by atoms with Crippen molar-refractivity contribution in [3.63, 3.8) is 0 Å². The minimum atomic E-state index is 0.671. The predicted octanol–water partition coefficient (Wildman–Crippen LogP) is 3.54. The number of rotatable bonds is 3. The Labute approximate surface area is 82.0 Å². The highest BCUT2D eigenvalue weighted by Gasteiger charge is 2.04. The van der Waals surface area contributed by atoms with E-state index in [-0.39, 0.29) is 0 Å². The van der Waals surface area contributed by atoms with E-state index in [1.807, 2.05) is 6.92 Å². The van der Waals surface area contributed by atoms with Crippen LogP contribution in [0.1, 0.15) is 41.0 Å². The van der Waals surface area contributed by atoms with Crippen LogP contribution < -0.4 is 5.73 Å². The van der Waals surface area contributed by atoms with Gasteiger partial charge < -0.3 is 5.73 Å². The normalized spacial score (nSPS) is 12.1. The van der Waals surface area contributed by atoms with Crippen molar-refractivity contribution in [1.82, 2.24) is 0 Å². The maximum atomic E-state index is 5.65. The molecular weight excluding hydrogens is 158 g/mol. The largest absolute Gasteiger partial charge is 0.399 e. The van der Waals surface area contributed by atoms with Gasteiger partial charge in [0, 0.05) is 5.70 Å². The van der Waals surface area contributed by atoms with Crippen LogP contribution in [0.4, 0.5) is 0 Å². The lowest BCUT2D eigenvalue weighted by molar-refractivity contribution is 1.04. The summed E-state index contributed by atoms with van der Waals surface area (Å²) < 4.78 is 0. The van der Waals surface area contributed by atoms with E-state index in [1.54, 1.807) is 0 Å². The molecule has 0 rings (SSSR count). The van der Waals surface area contributed by atoms with Crippen molar-refractivity contribution < 1.29 is 0 Å². The van der Waals surface area contributed by atoms with Crippen molar-refractivity contribution >= 4 is 0 Å². The molecule has 0 aromatic heterocycles. The second kappa shape index (κ2) is 4.90. The van der Waals surface area contributed by atoms with Gasteiger partial charge in [0.1, 0.15) is 0 Å². The number of nitrogens with two attached hydrogens (primary N) is 1. The van der Waals surface area contributed by atoms with Crippen LogP contribution in [0.2, 0.25) is 0 Å². The Hall–Kier alpha value is -0.980. The van der Waals surface area contributed by atoms with Gasteiger partial charge >= 0.3 is 0 Å². The van der Waals surface area contributed by atoms with E-state index < -0.39 is 0 Å². The van der Waals surface area contributed by atoms with Gasteiger partial charge in [-0.25, -0.2) is 0 Å². The lowest BCUT2D eigenvalue weighted by Crippen LogP contribution is -2.00. The van der Waals surface area contributed by atoms with Crippen molar-refractivity contribution in [2.75, 3.05) is 0 Å².